The molecule has 1 fully saturated rings. The van der Waals surface area contributed by atoms with E-state index in [1.165, 1.54) is 4.31 Å². The van der Waals surface area contributed by atoms with Crippen molar-refractivity contribution in [2.45, 2.75) is 23.0 Å². The number of nitrogens with two attached hydrogens (primary N) is 1. The van der Waals surface area contributed by atoms with Gasteiger partial charge in [0.15, 0.2) is 5.60 Å². The van der Waals surface area contributed by atoms with Crippen molar-refractivity contribution in [2.75, 3.05) is 13.1 Å². The second-order valence-corrected chi connectivity index (χ2v) is 11.4. The van der Waals surface area contributed by atoms with Crippen molar-refractivity contribution in [2.24, 2.45) is 5.73 Å². The number of rotatable bonds is 9. The van der Waals surface area contributed by atoms with Gasteiger partial charge in [-0.3, -0.25) is 4.79 Å². The van der Waals surface area contributed by atoms with Crippen molar-refractivity contribution in [3.05, 3.63) is 120 Å². The molecule has 0 saturated carbocycles. The van der Waals surface area contributed by atoms with Crippen molar-refractivity contribution < 1.29 is 23.1 Å². The Morgan fingerprint density at radius 2 is 1.47 bits per heavy atom. The number of sulfonamides is 1. The summed E-state index contributed by atoms with van der Waals surface area (Å²) in [6, 6.07) is 32.2. The molecule has 8 heteroatoms. The van der Waals surface area contributed by atoms with E-state index in [1.54, 1.807) is 18.2 Å². The highest BCUT2D eigenvalue weighted by molar-refractivity contribution is 7.89. The van der Waals surface area contributed by atoms with Gasteiger partial charge in [-0.05, 0) is 52.9 Å². The number of para-hydroxylation sites is 1. The molecule has 0 amide bonds. The number of ether oxygens (including phenoxy) is 1. The van der Waals surface area contributed by atoms with Crippen LogP contribution in [-0.4, -0.2) is 42.9 Å². The molecule has 3 N–H and O–H groups in total. The first-order chi connectivity index (χ1) is 18.3. The lowest BCUT2D eigenvalue weighted by Crippen LogP contribution is -2.63. The Hall–Kier alpha value is -3.98. The highest BCUT2D eigenvalue weighted by Crippen LogP contribution is 2.40. The molecule has 1 aliphatic heterocycles. The Bertz CT molecular complexity index is 1540. The molecule has 1 aliphatic rings. The second kappa shape index (κ2) is 10.4. The van der Waals surface area contributed by atoms with Gasteiger partial charge in [0.2, 0.25) is 10.0 Å². The minimum absolute atomic E-state index is 0.178. The molecule has 4 aromatic carbocycles. The maximum absolute atomic E-state index is 13.6. The summed E-state index contributed by atoms with van der Waals surface area (Å²) < 4.78 is 35.1. The minimum atomic E-state index is -3.79. The molecule has 0 aliphatic carbocycles. The van der Waals surface area contributed by atoms with Crippen LogP contribution < -0.4 is 10.5 Å². The third-order valence-electron chi connectivity index (χ3n) is 6.72. The van der Waals surface area contributed by atoms with Gasteiger partial charge in [-0.2, -0.15) is 4.31 Å². The van der Waals surface area contributed by atoms with Crippen LogP contribution in [0, 0.1) is 0 Å². The van der Waals surface area contributed by atoms with E-state index < -0.39 is 27.6 Å². The van der Waals surface area contributed by atoms with Gasteiger partial charge in [-0.1, -0.05) is 84.9 Å². The Morgan fingerprint density at radius 1 is 0.868 bits per heavy atom. The van der Waals surface area contributed by atoms with Crippen LogP contribution in [0.4, 0.5) is 0 Å². The van der Waals surface area contributed by atoms with Crippen LogP contribution in [0.2, 0.25) is 0 Å². The molecule has 0 spiro atoms. The van der Waals surface area contributed by atoms with Crippen molar-refractivity contribution in [3.63, 3.8) is 0 Å². The zero-order valence-corrected chi connectivity index (χ0v) is 21.4. The summed E-state index contributed by atoms with van der Waals surface area (Å²) in [5, 5.41) is 9.12. The van der Waals surface area contributed by atoms with Gasteiger partial charge >= 0.3 is 5.97 Å². The Labute approximate surface area is 222 Å². The molecular weight excluding hydrogens is 500 g/mol. The standard InChI is InChI=1S/C30H28N2O5S/c31-28(29(33)34)18-22-9-7-10-23(17-22)24-11-8-16-27(19-24)38(35,36)32-20-30(21-32,25-12-3-1-4-13-25)37-26-14-5-2-6-15-26/h1-17,19,28H,18,20-21,31H2,(H,33,34)/t28-/m0/s1. The fourth-order valence-electron chi connectivity index (χ4n) is 4.66. The van der Waals surface area contributed by atoms with Crippen LogP contribution in [-0.2, 0) is 26.8 Å². The molecular formula is C30H28N2O5S. The second-order valence-electron chi connectivity index (χ2n) is 9.43. The van der Waals surface area contributed by atoms with Gasteiger partial charge in [0.05, 0.1) is 18.0 Å². The van der Waals surface area contributed by atoms with Crippen molar-refractivity contribution >= 4 is 16.0 Å². The number of aliphatic carboxylic acids is 1. The number of nitrogens with zero attached hydrogens (tertiary/aromatic N) is 1. The van der Waals surface area contributed by atoms with Crippen molar-refractivity contribution in [1.29, 1.82) is 0 Å². The SMILES string of the molecule is N[C@@H](Cc1cccc(-c2cccc(S(=O)(=O)N3CC(Oc4ccccc4)(c4ccccc4)C3)c2)c1)C(=O)O. The van der Waals surface area contributed by atoms with Crippen LogP contribution >= 0.6 is 0 Å². The first-order valence-corrected chi connectivity index (χ1v) is 13.7. The summed E-state index contributed by atoms with van der Waals surface area (Å²) in [4.78, 5) is 11.3. The third-order valence-corrected chi connectivity index (χ3v) is 8.51. The van der Waals surface area contributed by atoms with Gasteiger partial charge in [0, 0.05) is 0 Å². The van der Waals surface area contributed by atoms with Crippen LogP contribution in [0.5, 0.6) is 5.75 Å². The Kier molecular flexibility index (Phi) is 7.03. The van der Waals surface area contributed by atoms with Crippen LogP contribution in [0.3, 0.4) is 0 Å². The zero-order chi connectivity index (χ0) is 26.8. The predicted molar refractivity (Wildman–Crippen MR) is 145 cm³/mol. The smallest absolute Gasteiger partial charge is 0.320 e. The summed E-state index contributed by atoms with van der Waals surface area (Å²) in [7, 11) is -3.79. The maximum Gasteiger partial charge on any atom is 0.320 e. The van der Waals surface area contributed by atoms with E-state index >= 15 is 0 Å². The summed E-state index contributed by atoms with van der Waals surface area (Å²) in [5.74, 6) is -0.390. The monoisotopic (exact) mass is 528 g/mol. The van der Waals surface area contributed by atoms with E-state index in [0.29, 0.717) is 11.3 Å². The average Bonchev–Trinajstić information content (AvgIpc) is 2.91. The lowest BCUT2D eigenvalue weighted by Gasteiger charge is -2.48. The number of carbonyl (C=O) groups is 1. The summed E-state index contributed by atoms with van der Waals surface area (Å²) in [5.41, 5.74) is 8.08. The van der Waals surface area contributed by atoms with E-state index in [9.17, 15) is 13.2 Å². The van der Waals surface area contributed by atoms with E-state index in [-0.39, 0.29) is 24.4 Å². The molecule has 38 heavy (non-hydrogen) atoms. The summed E-state index contributed by atoms with van der Waals surface area (Å²) in [6.07, 6.45) is 0.178. The number of carboxylic acids is 1. The molecule has 0 bridgehead atoms. The van der Waals surface area contributed by atoms with Crippen LogP contribution in [0.25, 0.3) is 11.1 Å². The van der Waals surface area contributed by atoms with Crippen molar-refractivity contribution in [3.8, 4) is 16.9 Å². The van der Waals surface area contributed by atoms with Crippen molar-refractivity contribution in [1.82, 2.24) is 4.31 Å². The molecule has 1 atom stereocenters. The first-order valence-electron chi connectivity index (χ1n) is 12.2. The molecule has 7 nitrogen and oxygen atoms in total. The van der Waals surface area contributed by atoms with Gasteiger partial charge in [-0.15, -0.1) is 0 Å². The molecule has 0 unspecified atom stereocenters. The largest absolute Gasteiger partial charge is 0.480 e. The van der Waals surface area contributed by atoms with Gasteiger partial charge in [0.1, 0.15) is 11.8 Å². The third kappa shape index (κ3) is 5.19. The molecule has 5 rings (SSSR count). The molecule has 0 radical (unpaired) electrons. The molecule has 0 aromatic heterocycles. The van der Waals surface area contributed by atoms with Crippen LogP contribution in [0.1, 0.15) is 11.1 Å². The number of hydrogen-bond acceptors (Lipinski definition) is 5. The van der Waals surface area contributed by atoms with E-state index in [4.69, 9.17) is 15.6 Å². The minimum Gasteiger partial charge on any atom is -0.480 e. The first kappa shape index (κ1) is 25.7. The Balaban J connectivity index is 1.39. The van der Waals surface area contributed by atoms with Gasteiger partial charge in [0.25, 0.3) is 0 Å². The summed E-state index contributed by atoms with van der Waals surface area (Å²) >= 11 is 0. The number of benzene rings is 4. The van der Waals surface area contributed by atoms with E-state index in [2.05, 4.69) is 0 Å². The lowest BCUT2D eigenvalue weighted by atomic mass is 9.87. The Morgan fingerprint density at radius 3 is 2.13 bits per heavy atom. The highest BCUT2D eigenvalue weighted by atomic mass is 32.2. The van der Waals surface area contributed by atoms with Gasteiger partial charge in [-0.25, -0.2) is 8.42 Å². The number of carboxylic acid groups (broad SMARTS) is 1. The van der Waals surface area contributed by atoms with E-state index in [1.807, 2.05) is 91.0 Å². The van der Waals surface area contributed by atoms with E-state index in [0.717, 1.165) is 16.7 Å². The quantitative estimate of drug-likeness (QED) is 0.336. The van der Waals surface area contributed by atoms with Gasteiger partial charge < -0.3 is 15.6 Å². The topological polar surface area (TPSA) is 110 Å². The molecule has 1 heterocycles. The zero-order valence-electron chi connectivity index (χ0n) is 20.6. The summed E-state index contributed by atoms with van der Waals surface area (Å²) in [6.45, 7) is 0.363. The fourth-order valence-corrected chi connectivity index (χ4v) is 6.24. The predicted octanol–water partition coefficient (Wildman–Crippen LogP) is 4.29. The lowest BCUT2D eigenvalue weighted by molar-refractivity contribution is -0.138. The molecule has 194 valence electrons. The fraction of sp³-hybridized carbons (Fsp3) is 0.167. The van der Waals surface area contributed by atoms with Crippen LogP contribution in [0.15, 0.2) is 114 Å². The highest BCUT2D eigenvalue weighted by Gasteiger charge is 2.52. The average molecular weight is 529 g/mol. The normalized spacial score (nSPS) is 15.8. The molecule has 1 saturated heterocycles. The maximum atomic E-state index is 13.6. The number of hydrogen-bond donors (Lipinski definition) is 2. The molecule has 4 aromatic rings.